The molecule has 0 aromatic heterocycles. The molecule has 3 aliphatic rings. The van der Waals surface area contributed by atoms with Gasteiger partial charge >= 0.3 is 0 Å². The summed E-state index contributed by atoms with van der Waals surface area (Å²) >= 11 is 0. The Labute approximate surface area is 194 Å². The number of carbonyl (C=O) groups is 4. The zero-order chi connectivity index (χ0) is 23.4. The summed E-state index contributed by atoms with van der Waals surface area (Å²) in [5.74, 6) is -0.913. The first-order chi connectivity index (χ1) is 15.9. The summed E-state index contributed by atoms with van der Waals surface area (Å²) in [6, 6.07) is 7.77. The molecule has 3 N–H and O–H groups in total. The maximum atomic E-state index is 12.5. The van der Waals surface area contributed by atoms with Crippen LogP contribution in [-0.2, 0) is 25.6 Å². The van der Waals surface area contributed by atoms with Crippen molar-refractivity contribution in [1.82, 2.24) is 9.80 Å². The Morgan fingerprint density at radius 2 is 1.52 bits per heavy atom. The lowest BCUT2D eigenvalue weighted by Gasteiger charge is -2.30. The van der Waals surface area contributed by atoms with Crippen molar-refractivity contribution in [2.75, 3.05) is 31.5 Å². The van der Waals surface area contributed by atoms with Crippen molar-refractivity contribution in [2.45, 2.75) is 51.4 Å². The van der Waals surface area contributed by atoms with E-state index in [9.17, 15) is 19.2 Å². The van der Waals surface area contributed by atoms with E-state index in [0.717, 1.165) is 64.6 Å². The summed E-state index contributed by atoms with van der Waals surface area (Å²) in [5.41, 5.74) is 7.28. The van der Waals surface area contributed by atoms with Gasteiger partial charge in [0.25, 0.3) is 0 Å². The number of likely N-dealkylation sites (tertiary alicyclic amines) is 2. The molecule has 2 heterocycles. The van der Waals surface area contributed by atoms with Crippen molar-refractivity contribution in [3.8, 4) is 0 Å². The van der Waals surface area contributed by atoms with Crippen LogP contribution in [0.3, 0.4) is 0 Å². The van der Waals surface area contributed by atoms with Crippen molar-refractivity contribution < 1.29 is 19.2 Å². The van der Waals surface area contributed by atoms with E-state index in [1.54, 1.807) is 0 Å². The van der Waals surface area contributed by atoms with Crippen molar-refractivity contribution in [3.05, 3.63) is 29.8 Å². The minimum atomic E-state index is -0.199. The lowest BCUT2D eigenvalue weighted by atomic mass is 9.81. The summed E-state index contributed by atoms with van der Waals surface area (Å²) in [4.78, 5) is 52.4. The number of anilines is 1. The fraction of sp³-hybridized carbons (Fsp3) is 0.600. The van der Waals surface area contributed by atoms with Crippen LogP contribution in [0.4, 0.5) is 5.69 Å². The lowest BCUT2D eigenvalue weighted by Crippen LogP contribution is -2.39. The number of hydrogen-bond acceptors (Lipinski definition) is 5. The summed E-state index contributed by atoms with van der Waals surface area (Å²) < 4.78 is 0. The van der Waals surface area contributed by atoms with Crippen LogP contribution >= 0.6 is 0 Å². The first-order valence-corrected chi connectivity index (χ1v) is 12.2. The Balaban J connectivity index is 1.19. The second kappa shape index (κ2) is 10.5. The highest BCUT2D eigenvalue weighted by Gasteiger charge is 2.47. The molecule has 1 aromatic carbocycles. The van der Waals surface area contributed by atoms with Crippen molar-refractivity contribution >= 4 is 29.3 Å². The van der Waals surface area contributed by atoms with Crippen LogP contribution in [-0.4, -0.2) is 59.6 Å². The van der Waals surface area contributed by atoms with Gasteiger partial charge in [0.15, 0.2) is 0 Å². The highest BCUT2D eigenvalue weighted by atomic mass is 16.2. The molecular formula is C25H34N4O4. The molecule has 0 radical (unpaired) electrons. The van der Waals surface area contributed by atoms with Gasteiger partial charge in [-0.05, 0) is 62.9 Å². The second-order valence-corrected chi connectivity index (χ2v) is 9.59. The molecule has 4 amide bonds. The van der Waals surface area contributed by atoms with Crippen LogP contribution in [0.5, 0.6) is 0 Å². The Bertz CT molecular complexity index is 868. The average Bonchev–Trinajstić information content (AvgIpc) is 3.07. The molecule has 2 aliphatic heterocycles. The Morgan fingerprint density at radius 1 is 0.909 bits per heavy atom. The number of rotatable bonds is 8. The van der Waals surface area contributed by atoms with Crippen LogP contribution in [0.15, 0.2) is 24.3 Å². The molecule has 4 rings (SSSR count). The molecule has 0 bridgehead atoms. The second-order valence-electron chi connectivity index (χ2n) is 9.59. The largest absolute Gasteiger partial charge is 0.369 e. The first-order valence-electron chi connectivity index (χ1n) is 12.2. The molecule has 1 aromatic rings. The van der Waals surface area contributed by atoms with Gasteiger partial charge in [0.1, 0.15) is 0 Å². The molecule has 178 valence electrons. The Hall–Kier alpha value is -2.74. The Kier molecular flexibility index (Phi) is 7.42. The zero-order valence-electron chi connectivity index (χ0n) is 19.1. The smallest absolute Gasteiger partial charge is 0.233 e. The number of benzene rings is 1. The maximum Gasteiger partial charge on any atom is 0.233 e. The molecule has 1 aliphatic carbocycles. The predicted molar refractivity (Wildman–Crippen MR) is 124 cm³/mol. The minimum absolute atomic E-state index is 0.00925. The minimum Gasteiger partial charge on any atom is -0.369 e. The fourth-order valence-electron chi connectivity index (χ4n) is 5.37. The molecule has 1 saturated carbocycles. The van der Waals surface area contributed by atoms with Crippen molar-refractivity contribution in [1.29, 1.82) is 0 Å². The summed E-state index contributed by atoms with van der Waals surface area (Å²) in [6.07, 6.45) is 6.24. The van der Waals surface area contributed by atoms with Crippen LogP contribution in [0.1, 0.15) is 50.5 Å². The molecule has 2 atom stereocenters. The highest BCUT2D eigenvalue weighted by molar-refractivity contribution is 6.05. The quantitative estimate of drug-likeness (QED) is 0.583. The number of nitrogens with one attached hydrogen (secondary N) is 1. The van der Waals surface area contributed by atoms with E-state index in [-0.39, 0.29) is 54.3 Å². The van der Waals surface area contributed by atoms with E-state index in [1.807, 2.05) is 24.3 Å². The molecule has 0 spiro atoms. The SMILES string of the molecule is NC(=O)C1CCN(CCc2ccc(NC(=O)CCN3C(=O)C4CCCCC4C3=O)cc2)CC1. The van der Waals surface area contributed by atoms with E-state index in [4.69, 9.17) is 5.73 Å². The standard InChI is InChI=1S/C25H34N4O4/c26-23(31)18-10-14-28(15-11-18)13-9-17-5-7-19(8-6-17)27-22(30)12-16-29-24(32)20-3-1-2-4-21(20)25(29)33/h5-8,18,20-21H,1-4,9-16H2,(H2,26,31)(H,27,30). The monoisotopic (exact) mass is 454 g/mol. The number of nitrogens with zero attached hydrogens (tertiary/aromatic N) is 2. The topological polar surface area (TPSA) is 113 Å². The number of primary amides is 1. The third-order valence-electron chi connectivity index (χ3n) is 7.44. The van der Waals surface area contributed by atoms with Gasteiger partial charge in [-0.2, -0.15) is 0 Å². The third kappa shape index (κ3) is 5.61. The Morgan fingerprint density at radius 3 is 2.09 bits per heavy atom. The summed E-state index contributed by atoms with van der Waals surface area (Å²) in [7, 11) is 0. The molecule has 8 heteroatoms. The van der Waals surface area contributed by atoms with Crippen molar-refractivity contribution in [3.63, 3.8) is 0 Å². The molecule has 2 saturated heterocycles. The number of nitrogens with two attached hydrogens (primary N) is 1. The molecule has 8 nitrogen and oxygen atoms in total. The van der Waals surface area contributed by atoms with E-state index in [0.29, 0.717) is 5.69 Å². The number of fused-ring (bicyclic) bond motifs is 1. The van der Waals surface area contributed by atoms with E-state index < -0.39 is 0 Å². The van der Waals surface area contributed by atoms with Crippen LogP contribution in [0.2, 0.25) is 0 Å². The molecule has 3 fully saturated rings. The van der Waals surface area contributed by atoms with Gasteiger partial charge in [-0.3, -0.25) is 24.1 Å². The normalized spacial score (nSPS) is 24.1. The summed E-state index contributed by atoms with van der Waals surface area (Å²) in [5, 5.41) is 2.86. The summed E-state index contributed by atoms with van der Waals surface area (Å²) in [6.45, 7) is 2.87. The lowest BCUT2D eigenvalue weighted by molar-refractivity contribution is -0.140. The van der Waals surface area contributed by atoms with Crippen molar-refractivity contribution in [2.24, 2.45) is 23.5 Å². The number of piperidine rings is 1. The van der Waals surface area contributed by atoms with Gasteiger partial charge in [0.05, 0.1) is 11.8 Å². The number of imide groups is 1. The van der Waals surface area contributed by atoms with Gasteiger partial charge < -0.3 is 16.0 Å². The zero-order valence-corrected chi connectivity index (χ0v) is 19.1. The van der Waals surface area contributed by atoms with Crippen LogP contribution < -0.4 is 11.1 Å². The molecular weight excluding hydrogens is 420 g/mol. The first kappa shape index (κ1) is 23.4. The average molecular weight is 455 g/mol. The van der Waals surface area contributed by atoms with Crippen LogP contribution in [0.25, 0.3) is 0 Å². The third-order valence-corrected chi connectivity index (χ3v) is 7.44. The predicted octanol–water partition coefficient (Wildman–Crippen LogP) is 1.93. The van der Waals surface area contributed by atoms with Gasteiger partial charge in [0.2, 0.25) is 23.6 Å². The number of amides is 4. The van der Waals surface area contributed by atoms with E-state index in [2.05, 4.69) is 10.2 Å². The van der Waals surface area contributed by atoms with Gasteiger partial charge in [-0.15, -0.1) is 0 Å². The molecule has 33 heavy (non-hydrogen) atoms. The van der Waals surface area contributed by atoms with E-state index in [1.165, 1.54) is 10.5 Å². The van der Waals surface area contributed by atoms with Gasteiger partial charge in [-0.1, -0.05) is 25.0 Å². The fourth-order valence-corrected chi connectivity index (χ4v) is 5.37. The maximum absolute atomic E-state index is 12.5. The molecule has 2 unspecified atom stereocenters. The number of hydrogen-bond donors (Lipinski definition) is 2. The van der Waals surface area contributed by atoms with E-state index >= 15 is 0 Å². The van der Waals surface area contributed by atoms with Crippen LogP contribution in [0, 0.1) is 17.8 Å². The van der Waals surface area contributed by atoms with Gasteiger partial charge in [0, 0.05) is 31.1 Å². The number of carbonyl (C=O) groups excluding carboxylic acids is 4. The van der Waals surface area contributed by atoms with Gasteiger partial charge in [-0.25, -0.2) is 0 Å². The highest BCUT2D eigenvalue weighted by Crippen LogP contribution is 2.38.